The van der Waals surface area contributed by atoms with Crippen molar-refractivity contribution in [1.29, 1.82) is 0 Å². The minimum absolute atomic E-state index is 0.0131. The summed E-state index contributed by atoms with van der Waals surface area (Å²) in [7, 11) is 3.02. The summed E-state index contributed by atoms with van der Waals surface area (Å²) < 4.78 is 10.3. The highest BCUT2D eigenvalue weighted by molar-refractivity contribution is 6.33. The fourth-order valence-electron chi connectivity index (χ4n) is 7.50. The zero-order valence-electron chi connectivity index (χ0n) is 32.9. The zero-order valence-corrected chi connectivity index (χ0v) is 33.6. The number of amides is 4. The summed E-state index contributed by atoms with van der Waals surface area (Å²) in [6.45, 7) is 11.6. The average Bonchev–Trinajstić information content (AvgIpc) is 3.13. The van der Waals surface area contributed by atoms with Gasteiger partial charge in [-0.2, -0.15) is 0 Å². The topological polar surface area (TPSA) is 131 Å². The van der Waals surface area contributed by atoms with Crippen LogP contribution in [0.15, 0.2) is 60.7 Å². The van der Waals surface area contributed by atoms with Crippen molar-refractivity contribution in [3.63, 3.8) is 0 Å². The van der Waals surface area contributed by atoms with E-state index >= 15 is 0 Å². The number of nitrogens with zero attached hydrogens (tertiary/aromatic N) is 2. The molecule has 4 rings (SSSR count). The van der Waals surface area contributed by atoms with Gasteiger partial charge in [0.25, 0.3) is 5.91 Å². The van der Waals surface area contributed by atoms with Crippen LogP contribution < -0.4 is 11.1 Å². The molecule has 4 amide bonds. The predicted molar refractivity (Wildman–Crippen MR) is 213 cm³/mol. The largest absolute Gasteiger partial charge is 0.453 e. The average molecular weight is 761 g/mol. The Morgan fingerprint density at radius 1 is 1.06 bits per heavy atom. The zero-order chi connectivity index (χ0) is 39.6. The maximum Gasteiger partial charge on any atom is 0.410 e. The molecule has 3 N–H and O–H groups in total. The van der Waals surface area contributed by atoms with Crippen LogP contribution in [0.1, 0.15) is 98.8 Å². The van der Waals surface area contributed by atoms with Gasteiger partial charge >= 0.3 is 12.2 Å². The Bertz CT molecular complexity index is 1790. The molecule has 0 saturated carbocycles. The highest BCUT2D eigenvalue weighted by atomic mass is 35.5. The number of piperidine rings is 1. The molecule has 3 aromatic rings. The predicted octanol–water partition coefficient (Wildman–Crippen LogP) is 8.37. The van der Waals surface area contributed by atoms with Crippen molar-refractivity contribution in [2.24, 2.45) is 17.6 Å². The maximum absolute atomic E-state index is 14.5. The lowest BCUT2D eigenvalue weighted by molar-refractivity contribution is -0.118. The first-order valence-electron chi connectivity index (χ1n) is 18.9. The van der Waals surface area contributed by atoms with Crippen LogP contribution in [0, 0.1) is 11.8 Å². The number of carbonyl (C=O) groups excluding carboxylic acids is 4. The third-order valence-corrected chi connectivity index (χ3v) is 10.4. The molecule has 3 atom stereocenters. The van der Waals surface area contributed by atoms with E-state index in [1.807, 2.05) is 49.9 Å². The smallest absolute Gasteiger partial charge is 0.410 e. The Morgan fingerprint density at radius 3 is 2.48 bits per heavy atom. The van der Waals surface area contributed by atoms with E-state index in [-0.39, 0.29) is 36.6 Å². The van der Waals surface area contributed by atoms with Crippen LogP contribution in [0.25, 0.3) is 11.1 Å². The highest BCUT2D eigenvalue weighted by Gasteiger charge is 2.36. The molecule has 1 aliphatic rings. The molecule has 0 radical (unpaired) electrons. The number of primary amides is 1. The number of hydrogen-bond donors (Lipinski definition) is 2. The van der Waals surface area contributed by atoms with Gasteiger partial charge in [0.05, 0.1) is 7.11 Å². The number of likely N-dealkylation sites (tertiary alicyclic amines) is 1. The Kier molecular flexibility index (Phi) is 15.0. The molecule has 0 spiro atoms. The van der Waals surface area contributed by atoms with Crippen molar-refractivity contribution in [1.82, 2.24) is 15.1 Å². The number of methoxy groups -OCH3 is 1. The minimum Gasteiger partial charge on any atom is -0.453 e. The molecule has 292 valence electrons. The number of hydrogen-bond acceptors (Lipinski definition) is 6. The van der Waals surface area contributed by atoms with E-state index in [0.29, 0.717) is 48.6 Å². The highest BCUT2D eigenvalue weighted by Crippen LogP contribution is 2.45. The van der Waals surface area contributed by atoms with Crippen molar-refractivity contribution in [2.75, 3.05) is 33.8 Å². The molecule has 3 aromatic carbocycles. The van der Waals surface area contributed by atoms with E-state index in [1.165, 1.54) is 17.6 Å². The second-order valence-electron chi connectivity index (χ2n) is 15.4. The number of benzene rings is 3. The number of alkyl carbamates (subject to hydrolysis) is 1. The summed E-state index contributed by atoms with van der Waals surface area (Å²) >= 11 is 7.03. The van der Waals surface area contributed by atoms with E-state index in [4.69, 9.17) is 26.8 Å². The van der Waals surface area contributed by atoms with Crippen LogP contribution in [0.3, 0.4) is 0 Å². The van der Waals surface area contributed by atoms with E-state index in [2.05, 4.69) is 49.5 Å². The van der Waals surface area contributed by atoms with Gasteiger partial charge in [-0.15, -0.1) is 0 Å². The number of rotatable bonds is 14. The lowest BCUT2D eigenvalue weighted by Crippen LogP contribution is -2.43. The van der Waals surface area contributed by atoms with Crippen LogP contribution in [0.4, 0.5) is 9.59 Å². The Morgan fingerprint density at radius 2 is 1.80 bits per heavy atom. The van der Waals surface area contributed by atoms with Gasteiger partial charge in [0.15, 0.2) is 0 Å². The molecule has 1 aliphatic heterocycles. The first-order chi connectivity index (χ1) is 25.6. The second-order valence-corrected chi connectivity index (χ2v) is 15.8. The normalized spacial score (nSPS) is 15.6. The second kappa shape index (κ2) is 19.1. The van der Waals surface area contributed by atoms with Crippen LogP contribution >= 0.6 is 11.6 Å². The fourth-order valence-corrected chi connectivity index (χ4v) is 7.79. The van der Waals surface area contributed by atoms with Gasteiger partial charge in [-0.05, 0) is 111 Å². The van der Waals surface area contributed by atoms with Crippen molar-refractivity contribution in [2.45, 2.75) is 91.2 Å². The van der Waals surface area contributed by atoms with Crippen LogP contribution in [0.5, 0.6) is 0 Å². The Balaban J connectivity index is 1.68. The molecular weight excluding hydrogens is 704 g/mol. The lowest BCUT2D eigenvalue weighted by atomic mass is 9.71. The van der Waals surface area contributed by atoms with Gasteiger partial charge < -0.3 is 30.3 Å². The van der Waals surface area contributed by atoms with E-state index in [9.17, 15) is 19.2 Å². The van der Waals surface area contributed by atoms with Gasteiger partial charge in [-0.3, -0.25) is 9.59 Å². The fraction of sp³-hybridized carbons (Fsp3) is 0.488. The summed E-state index contributed by atoms with van der Waals surface area (Å²) in [5.41, 5.74) is 11.4. The first kappa shape index (κ1) is 42.2. The van der Waals surface area contributed by atoms with E-state index < -0.39 is 23.7 Å². The van der Waals surface area contributed by atoms with Gasteiger partial charge in [0.2, 0.25) is 5.91 Å². The minimum atomic E-state index is -0.633. The monoisotopic (exact) mass is 760 g/mol. The third kappa shape index (κ3) is 11.5. The lowest BCUT2D eigenvalue weighted by Gasteiger charge is -2.41. The summed E-state index contributed by atoms with van der Waals surface area (Å²) in [6.07, 6.45) is 2.79. The van der Waals surface area contributed by atoms with Gasteiger partial charge in [0.1, 0.15) is 5.60 Å². The molecule has 54 heavy (non-hydrogen) atoms. The van der Waals surface area contributed by atoms with E-state index in [0.717, 1.165) is 41.5 Å². The number of halogens is 1. The molecule has 1 fully saturated rings. The Hall–Kier alpha value is -4.57. The third-order valence-electron chi connectivity index (χ3n) is 10.1. The molecule has 1 heterocycles. The molecule has 0 unspecified atom stereocenters. The van der Waals surface area contributed by atoms with Crippen LogP contribution in [0.2, 0.25) is 5.02 Å². The molecule has 10 nitrogen and oxygen atoms in total. The summed E-state index contributed by atoms with van der Waals surface area (Å²) in [6, 6.07) is 20.1. The van der Waals surface area contributed by atoms with Gasteiger partial charge in [-0.1, -0.05) is 74.0 Å². The first-order valence-corrected chi connectivity index (χ1v) is 19.3. The standard InChI is InChI=1S/C43H57ClN4O6/c1-8-29-12-9-13-32(24-29)39-35(15-10-16-36(39)44)38(28(2)21-22-46-41(51)53-7)33-14-11-23-48(27-33)40(50)34-19-17-30(25-31(34)18-20-37(45)49)26-47(6)42(52)54-43(3,4)5/h9-10,12-13,15-17,19,24-25,28,33,38H,8,11,14,18,20-23,26-27H2,1-7H3,(H2,45,49)(H,46,51)/t28-,33-,38+/m1/s1. The molecular formula is C43H57ClN4O6. The van der Waals surface area contributed by atoms with Crippen molar-refractivity contribution in [3.8, 4) is 11.1 Å². The SMILES string of the molecule is CCc1cccc(-c2c(Cl)cccc2[C@H]([C@@H]2CCCN(C(=O)c3ccc(CN(C)C(=O)OC(C)(C)C)cc3CCC(N)=O)C2)[C@H](C)CCNC(=O)OC)c1. The quantitative estimate of drug-likeness (QED) is 0.170. The summed E-state index contributed by atoms with van der Waals surface area (Å²) in [4.78, 5) is 54.4. The number of carbonyl (C=O) groups is 4. The maximum atomic E-state index is 14.5. The van der Waals surface area contributed by atoms with Crippen LogP contribution in [-0.2, 0) is 33.7 Å². The number of nitrogens with two attached hydrogens (primary N) is 1. The number of aryl methyl sites for hydroxylation is 2. The molecule has 0 aliphatic carbocycles. The molecule has 0 aromatic heterocycles. The van der Waals surface area contributed by atoms with Crippen molar-refractivity contribution >= 4 is 35.6 Å². The summed E-state index contributed by atoms with van der Waals surface area (Å²) in [5, 5.41) is 3.51. The Labute approximate surface area is 325 Å². The summed E-state index contributed by atoms with van der Waals surface area (Å²) in [5.74, 6) is -0.339. The molecule has 11 heteroatoms. The van der Waals surface area contributed by atoms with Gasteiger partial charge in [0, 0.05) is 55.8 Å². The van der Waals surface area contributed by atoms with Gasteiger partial charge in [-0.25, -0.2) is 9.59 Å². The van der Waals surface area contributed by atoms with E-state index in [1.54, 1.807) is 13.1 Å². The van der Waals surface area contributed by atoms with Crippen molar-refractivity contribution in [3.05, 3.63) is 93.5 Å². The number of nitrogens with one attached hydrogen (secondary N) is 1. The van der Waals surface area contributed by atoms with Crippen molar-refractivity contribution < 1.29 is 28.7 Å². The number of ether oxygens (including phenoxy) is 2. The molecule has 0 bridgehead atoms. The molecule has 1 saturated heterocycles. The van der Waals surface area contributed by atoms with Crippen LogP contribution in [-0.4, -0.2) is 73.2 Å².